The smallest absolute Gasteiger partial charge is 0.337 e. The average molecular weight is 549 g/mol. The summed E-state index contributed by atoms with van der Waals surface area (Å²) >= 11 is 0. The van der Waals surface area contributed by atoms with Crippen molar-refractivity contribution in [3.05, 3.63) is 52.6 Å². The Kier molecular flexibility index (Phi) is 6.89. The summed E-state index contributed by atoms with van der Waals surface area (Å²) < 4.78 is 40.6. The van der Waals surface area contributed by atoms with Crippen molar-refractivity contribution in [2.45, 2.75) is 31.2 Å². The molecule has 0 spiro atoms. The maximum Gasteiger partial charge on any atom is 0.415 e. The normalized spacial score (nSPS) is 24.7. The fourth-order valence-electron chi connectivity index (χ4n) is 5.23. The molecular formula is C25H31F3N8O3. The molecule has 0 bridgehead atoms. The number of carbonyl (C=O) groups excluding carboxylic acids is 2. The fourth-order valence-corrected chi connectivity index (χ4v) is 5.23. The van der Waals surface area contributed by atoms with E-state index in [1.807, 2.05) is 24.3 Å². The second kappa shape index (κ2) is 9.92. The van der Waals surface area contributed by atoms with Gasteiger partial charge >= 0.3 is 17.9 Å². The molecule has 5 rings (SSSR count). The van der Waals surface area contributed by atoms with E-state index in [-0.39, 0.29) is 32.0 Å². The number of nitrogens with zero attached hydrogens (tertiary/aromatic N) is 5. The van der Waals surface area contributed by atoms with Gasteiger partial charge in [0.25, 0.3) is 5.91 Å². The molecule has 3 heterocycles. The van der Waals surface area contributed by atoms with Crippen molar-refractivity contribution in [2.24, 2.45) is 23.3 Å². The molecule has 14 heteroatoms. The first-order valence-electron chi connectivity index (χ1n) is 12.7. The van der Waals surface area contributed by atoms with Crippen LogP contribution in [0.1, 0.15) is 12.5 Å². The number of hydrogen-bond donors (Lipinski definition) is 3. The standard InChI is InChI=1S/C25H31F3N8O3/c1-24(30,25(26,27)28)21(37)34-8-10-35(11-9-34)22(38)31-19-6-7-36(23(39)32-19)16-4-2-15(3-5-16)12-33-13-17-18(14-33)20(17)29/h2-7,17-18,20H,8-14,29-30H2,1H3,(H,31,32,38,39). The Labute approximate surface area is 222 Å². The molecule has 1 saturated carbocycles. The Morgan fingerprint density at radius 3 is 2.18 bits per heavy atom. The van der Waals surface area contributed by atoms with E-state index < -0.39 is 29.3 Å². The minimum absolute atomic E-state index is 0.000466. The minimum atomic E-state index is -4.89. The summed E-state index contributed by atoms with van der Waals surface area (Å²) in [4.78, 5) is 46.2. The van der Waals surface area contributed by atoms with Crippen LogP contribution >= 0.6 is 0 Å². The van der Waals surface area contributed by atoms with Crippen molar-refractivity contribution in [1.29, 1.82) is 0 Å². The number of rotatable bonds is 5. The Morgan fingerprint density at radius 1 is 1.03 bits per heavy atom. The van der Waals surface area contributed by atoms with E-state index in [1.54, 1.807) is 0 Å². The van der Waals surface area contributed by atoms with Gasteiger partial charge in [0.1, 0.15) is 5.82 Å². The Hall–Kier alpha value is -3.49. The van der Waals surface area contributed by atoms with E-state index in [0.29, 0.717) is 30.5 Å². The second-order valence-corrected chi connectivity index (χ2v) is 10.6. The van der Waals surface area contributed by atoms with Gasteiger partial charge in [0.15, 0.2) is 5.54 Å². The highest BCUT2D eigenvalue weighted by Gasteiger charge is 2.55. The number of urea groups is 1. The molecule has 0 radical (unpaired) electrons. The maximum absolute atomic E-state index is 13.1. The van der Waals surface area contributed by atoms with Crippen molar-refractivity contribution in [2.75, 3.05) is 44.6 Å². The third-order valence-electron chi connectivity index (χ3n) is 7.88. The van der Waals surface area contributed by atoms with Gasteiger partial charge in [-0.2, -0.15) is 18.2 Å². The third-order valence-corrected chi connectivity index (χ3v) is 7.88. The zero-order valence-electron chi connectivity index (χ0n) is 21.4. The summed E-state index contributed by atoms with van der Waals surface area (Å²) in [6, 6.07) is 8.86. The number of carbonyl (C=O) groups is 2. The summed E-state index contributed by atoms with van der Waals surface area (Å²) in [6.45, 7) is 3.28. The molecule has 3 unspecified atom stereocenters. The molecule has 11 nitrogen and oxygen atoms in total. The zero-order valence-corrected chi connectivity index (χ0v) is 21.4. The van der Waals surface area contributed by atoms with Crippen LogP contribution in [0, 0.1) is 11.8 Å². The van der Waals surface area contributed by atoms with Gasteiger partial charge in [-0.05, 0) is 42.5 Å². The lowest BCUT2D eigenvalue weighted by atomic mass is 10.0. The van der Waals surface area contributed by atoms with Crippen molar-refractivity contribution in [3.63, 3.8) is 0 Å². The summed E-state index contributed by atoms with van der Waals surface area (Å²) in [5.41, 5.74) is 9.41. The Bertz CT molecular complexity index is 1290. The molecule has 3 fully saturated rings. The van der Waals surface area contributed by atoms with Crippen molar-refractivity contribution in [3.8, 4) is 5.69 Å². The van der Waals surface area contributed by atoms with Crippen LogP contribution < -0.4 is 22.5 Å². The first-order chi connectivity index (χ1) is 18.3. The van der Waals surface area contributed by atoms with E-state index in [0.717, 1.165) is 30.1 Å². The number of halogens is 3. The lowest BCUT2D eigenvalue weighted by molar-refractivity contribution is -0.194. The van der Waals surface area contributed by atoms with E-state index >= 15 is 0 Å². The molecular weight excluding hydrogens is 517 g/mol. The fraction of sp³-hybridized carbons (Fsp3) is 0.520. The number of anilines is 1. The molecule has 1 aromatic heterocycles. The van der Waals surface area contributed by atoms with Crippen LogP contribution in [0.5, 0.6) is 0 Å². The summed E-state index contributed by atoms with van der Waals surface area (Å²) in [5, 5.41) is 2.53. The number of piperazine rings is 1. The van der Waals surface area contributed by atoms with Gasteiger partial charge in [0.2, 0.25) is 0 Å². The number of nitrogens with two attached hydrogens (primary N) is 2. The Morgan fingerprint density at radius 2 is 1.62 bits per heavy atom. The number of benzene rings is 1. The predicted octanol–water partition coefficient (Wildman–Crippen LogP) is 0.577. The molecule has 2 saturated heterocycles. The molecule has 3 atom stereocenters. The zero-order chi connectivity index (χ0) is 28.1. The molecule has 1 aliphatic carbocycles. The highest BCUT2D eigenvalue weighted by molar-refractivity contribution is 5.89. The van der Waals surface area contributed by atoms with Gasteiger partial charge in [0.05, 0.1) is 5.69 Å². The highest BCUT2D eigenvalue weighted by Crippen LogP contribution is 2.44. The van der Waals surface area contributed by atoms with E-state index in [9.17, 15) is 27.6 Å². The number of nitrogens with one attached hydrogen (secondary N) is 1. The monoisotopic (exact) mass is 548 g/mol. The number of piperidine rings is 1. The van der Waals surface area contributed by atoms with Gasteiger partial charge < -0.3 is 21.3 Å². The average Bonchev–Trinajstić information content (AvgIpc) is 3.28. The number of aromatic nitrogens is 2. The SMILES string of the molecule is CC(N)(C(=O)N1CCN(C(=O)Nc2ccn(-c3ccc(CN4CC5C(N)C5C4)cc3)c(=O)n2)CC1)C(F)(F)F. The topological polar surface area (TPSA) is 143 Å². The van der Waals surface area contributed by atoms with Crippen LogP contribution in [0.3, 0.4) is 0 Å². The van der Waals surface area contributed by atoms with Crippen LogP contribution in [0.25, 0.3) is 5.69 Å². The quantitative estimate of drug-likeness (QED) is 0.496. The largest absolute Gasteiger partial charge is 0.415 e. The summed E-state index contributed by atoms with van der Waals surface area (Å²) in [5.74, 6) is 0.0272. The van der Waals surface area contributed by atoms with Gasteiger partial charge in [-0.1, -0.05) is 12.1 Å². The van der Waals surface area contributed by atoms with Crippen molar-refractivity contribution >= 4 is 17.8 Å². The minimum Gasteiger partial charge on any atom is -0.337 e. The van der Waals surface area contributed by atoms with Crippen LogP contribution in [0.2, 0.25) is 0 Å². The second-order valence-electron chi connectivity index (χ2n) is 10.6. The first-order valence-corrected chi connectivity index (χ1v) is 12.7. The third kappa shape index (κ3) is 5.36. The Balaban J connectivity index is 1.14. The van der Waals surface area contributed by atoms with Crippen molar-refractivity contribution in [1.82, 2.24) is 24.3 Å². The molecule has 3 aliphatic rings. The molecule has 210 valence electrons. The number of alkyl halides is 3. The van der Waals surface area contributed by atoms with Crippen molar-refractivity contribution < 1.29 is 22.8 Å². The summed E-state index contributed by atoms with van der Waals surface area (Å²) in [7, 11) is 0. The lowest BCUT2D eigenvalue weighted by Gasteiger charge is -2.38. The maximum atomic E-state index is 13.1. The lowest BCUT2D eigenvalue weighted by Crippen LogP contribution is -2.64. The molecule has 2 aliphatic heterocycles. The molecule has 3 amide bonds. The number of hydrogen-bond acceptors (Lipinski definition) is 7. The van der Waals surface area contributed by atoms with Crippen LogP contribution in [-0.2, 0) is 11.3 Å². The first kappa shape index (κ1) is 27.1. The molecule has 5 N–H and O–H groups in total. The van der Waals surface area contributed by atoms with Crippen LogP contribution in [-0.4, -0.2) is 93.2 Å². The summed E-state index contributed by atoms with van der Waals surface area (Å²) in [6.07, 6.45) is -3.39. The molecule has 39 heavy (non-hydrogen) atoms. The van der Waals surface area contributed by atoms with Crippen LogP contribution in [0.15, 0.2) is 41.3 Å². The van der Waals surface area contributed by atoms with E-state index in [4.69, 9.17) is 11.5 Å². The molecule has 2 aromatic rings. The number of fused-ring (bicyclic) bond motifs is 1. The van der Waals surface area contributed by atoms with E-state index in [1.165, 1.54) is 21.7 Å². The van der Waals surface area contributed by atoms with Gasteiger partial charge in [-0.25, -0.2) is 9.59 Å². The highest BCUT2D eigenvalue weighted by atomic mass is 19.4. The van der Waals surface area contributed by atoms with Crippen LogP contribution in [0.4, 0.5) is 23.8 Å². The van der Waals surface area contributed by atoms with Gasteiger partial charge in [-0.15, -0.1) is 0 Å². The number of amides is 3. The van der Waals surface area contributed by atoms with E-state index in [2.05, 4.69) is 15.2 Å². The molecule has 1 aromatic carbocycles. The number of likely N-dealkylation sites (tertiary alicyclic amines) is 1. The van der Waals surface area contributed by atoms with Gasteiger partial charge in [0, 0.05) is 58.1 Å². The predicted molar refractivity (Wildman–Crippen MR) is 136 cm³/mol. The van der Waals surface area contributed by atoms with Gasteiger partial charge in [-0.3, -0.25) is 19.6 Å².